The zero-order chi connectivity index (χ0) is 14.5. The van der Waals surface area contributed by atoms with E-state index in [1.807, 2.05) is 6.92 Å². The van der Waals surface area contributed by atoms with E-state index in [2.05, 4.69) is 10.1 Å². The van der Waals surface area contributed by atoms with Crippen molar-refractivity contribution in [3.63, 3.8) is 0 Å². The number of alkyl halides is 3. The maximum Gasteiger partial charge on any atom is 0.411 e. The standard InChI is InChI=1S/C13H17F4NO/c1-9-3-4-11(7-12(9)14)10(2)18-5-6-19-8-13(15,16)17/h3-4,7,10,18H,5-6,8H2,1-2H3. The quantitative estimate of drug-likeness (QED) is 0.637. The molecule has 0 saturated carbocycles. The Morgan fingerprint density at radius 1 is 1.32 bits per heavy atom. The van der Waals surface area contributed by atoms with Gasteiger partial charge in [-0.1, -0.05) is 12.1 Å². The molecule has 0 bridgehead atoms. The zero-order valence-corrected chi connectivity index (χ0v) is 10.9. The van der Waals surface area contributed by atoms with Crippen molar-refractivity contribution in [2.24, 2.45) is 0 Å². The molecule has 19 heavy (non-hydrogen) atoms. The molecule has 1 N–H and O–H groups in total. The van der Waals surface area contributed by atoms with Gasteiger partial charge in [-0.2, -0.15) is 13.2 Å². The third-order valence-corrected chi connectivity index (χ3v) is 2.66. The lowest BCUT2D eigenvalue weighted by atomic mass is 10.1. The van der Waals surface area contributed by atoms with Gasteiger partial charge >= 0.3 is 6.18 Å². The van der Waals surface area contributed by atoms with Crippen LogP contribution in [0, 0.1) is 12.7 Å². The molecule has 0 spiro atoms. The van der Waals surface area contributed by atoms with Crippen molar-refractivity contribution >= 4 is 0 Å². The molecule has 0 heterocycles. The van der Waals surface area contributed by atoms with Gasteiger partial charge in [0.2, 0.25) is 0 Å². The topological polar surface area (TPSA) is 21.3 Å². The van der Waals surface area contributed by atoms with Crippen molar-refractivity contribution in [3.05, 3.63) is 35.1 Å². The van der Waals surface area contributed by atoms with Crippen molar-refractivity contribution in [1.82, 2.24) is 5.32 Å². The summed E-state index contributed by atoms with van der Waals surface area (Å²) < 4.78 is 53.2. The Morgan fingerprint density at radius 3 is 2.58 bits per heavy atom. The molecule has 108 valence electrons. The number of hydrogen-bond acceptors (Lipinski definition) is 2. The van der Waals surface area contributed by atoms with Crippen LogP contribution < -0.4 is 5.32 Å². The summed E-state index contributed by atoms with van der Waals surface area (Å²) >= 11 is 0. The number of rotatable bonds is 6. The summed E-state index contributed by atoms with van der Waals surface area (Å²) in [5, 5.41) is 2.97. The van der Waals surface area contributed by atoms with Gasteiger partial charge in [0.1, 0.15) is 12.4 Å². The Kier molecular flexibility index (Phi) is 5.75. The lowest BCUT2D eigenvalue weighted by Crippen LogP contribution is -2.26. The molecule has 1 unspecified atom stereocenters. The van der Waals surface area contributed by atoms with Crippen LogP contribution in [0.5, 0.6) is 0 Å². The summed E-state index contributed by atoms with van der Waals surface area (Å²) in [6.07, 6.45) is -4.30. The first kappa shape index (κ1) is 15.9. The second-order valence-corrected chi connectivity index (χ2v) is 4.35. The van der Waals surface area contributed by atoms with E-state index in [4.69, 9.17) is 0 Å². The second-order valence-electron chi connectivity index (χ2n) is 4.35. The first-order valence-electron chi connectivity index (χ1n) is 5.93. The van der Waals surface area contributed by atoms with E-state index in [1.54, 1.807) is 19.1 Å². The van der Waals surface area contributed by atoms with Crippen LogP contribution in [0.2, 0.25) is 0 Å². The molecule has 1 rings (SSSR count). The van der Waals surface area contributed by atoms with Gasteiger partial charge in [0.05, 0.1) is 6.61 Å². The molecule has 0 aromatic heterocycles. The molecule has 2 nitrogen and oxygen atoms in total. The minimum absolute atomic E-state index is 0.0435. The molecule has 1 atom stereocenters. The average Bonchev–Trinajstić information content (AvgIpc) is 2.30. The third kappa shape index (κ3) is 6.02. The minimum Gasteiger partial charge on any atom is -0.371 e. The number of halogens is 4. The summed E-state index contributed by atoms with van der Waals surface area (Å²) in [6.45, 7) is 2.46. The predicted octanol–water partition coefficient (Wildman–Crippen LogP) is 3.36. The van der Waals surface area contributed by atoms with Crippen LogP contribution in [0.4, 0.5) is 17.6 Å². The number of nitrogens with one attached hydrogen (secondary N) is 1. The molecule has 1 aromatic rings. The van der Waals surface area contributed by atoms with E-state index in [9.17, 15) is 17.6 Å². The molecule has 0 aliphatic rings. The minimum atomic E-state index is -4.30. The molecule has 1 aromatic carbocycles. The van der Waals surface area contributed by atoms with E-state index in [1.165, 1.54) is 6.07 Å². The molecule has 0 aliphatic carbocycles. The first-order valence-corrected chi connectivity index (χ1v) is 5.93. The van der Waals surface area contributed by atoms with Gasteiger partial charge in [0, 0.05) is 12.6 Å². The van der Waals surface area contributed by atoms with E-state index < -0.39 is 12.8 Å². The van der Waals surface area contributed by atoms with Crippen LogP contribution in [0.3, 0.4) is 0 Å². The summed E-state index contributed by atoms with van der Waals surface area (Å²) in [5.74, 6) is -0.292. The fourth-order valence-corrected chi connectivity index (χ4v) is 1.53. The van der Waals surface area contributed by atoms with Crippen molar-refractivity contribution in [2.75, 3.05) is 19.8 Å². The van der Waals surface area contributed by atoms with Gasteiger partial charge in [-0.05, 0) is 31.0 Å². The summed E-state index contributed by atoms with van der Waals surface area (Å²) in [7, 11) is 0. The Morgan fingerprint density at radius 2 is 2.00 bits per heavy atom. The second kappa shape index (κ2) is 6.86. The normalized spacial score (nSPS) is 13.6. The van der Waals surface area contributed by atoms with Crippen molar-refractivity contribution < 1.29 is 22.3 Å². The Balaban J connectivity index is 2.31. The molecule has 0 aliphatic heterocycles. The Bertz CT molecular complexity index is 406. The molecular formula is C13H17F4NO. The van der Waals surface area contributed by atoms with Crippen LogP contribution in [0.15, 0.2) is 18.2 Å². The SMILES string of the molecule is Cc1ccc(C(C)NCCOCC(F)(F)F)cc1F. The predicted molar refractivity (Wildman–Crippen MR) is 64.4 cm³/mol. The van der Waals surface area contributed by atoms with Gasteiger partial charge in [0.15, 0.2) is 0 Å². The van der Waals surface area contributed by atoms with Crippen LogP contribution in [0.25, 0.3) is 0 Å². The highest BCUT2D eigenvalue weighted by Gasteiger charge is 2.27. The molecule has 0 amide bonds. The zero-order valence-electron chi connectivity index (χ0n) is 10.9. The van der Waals surface area contributed by atoms with Crippen molar-refractivity contribution in [2.45, 2.75) is 26.1 Å². The third-order valence-electron chi connectivity index (χ3n) is 2.66. The summed E-state index contributed by atoms with van der Waals surface area (Å²) in [5.41, 5.74) is 1.31. The monoisotopic (exact) mass is 279 g/mol. The van der Waals surface area contributed by atoms with E-state index in [-0.39, 0.29) is 25.0 Å². The maximum absolute atomic E-state index is 13.3. The molecule has 0 saturated heterocycles. The fourth-order valence-electron chi connectivity index (χ4n) is 1.53. The lowest BCUT2D eigenvalue weighted by molar-refractivity contribution is -0.173. The van der Waals surface area contributed by atoms with Crippen LogP contribution in [0.1, 0.15) is 24.1 Å². The Hall–Kier alpha value is -1.14. The fraction of sp³-hybridized carbons (Fsp3) is 0.538. The van der Waals surface area contributed by atoms with Crippen molar-refractivity contribution in [1.29, 1.82) is 0 Å². The summed E-state index contributed by atoms with van der Waals surface area (Å²) in [6, 6.07) is 4.73. The van der Waals surface area contributed by atoms with Gasteiger partial charge < -0.3 is 10.1 Å². The van der Waals surface area contributed by atoms with Crippen LogP contribution in [-0.2, 0) is 4.74 Å². The first-order chi connectivity index (χ1) is 8.79. The van der Waals surface area contributed by atoms with Gasteiger partial charge in [0.25, 0.3) is 0 Å². The Labute approximate surface area is 109 Å². The molecule has 6 heteroatoms. The highest BCUT2D eigenvalue weighted by atomic mass is 19.4. The molecular weight excluding hydrogens is 262 g/mol. The highest BCUT2D eigenvalue weighted by Crippen LogP contribution is 2.16. The average molecular weight is 279 g/mol. The van der Waals surface area contributed by atoms with E-state index >= 15 is 0 Å². The number of aryl methyl sites for hydroxylation is 1. The van der Waals surface area contributed by atoms with Gasteiger partial charge in [-0.25, -0.2) is 4.39 Å². The van der Waals surface area contributed by atoms with Gasteiger partial charge in [-0.3, -0.25) is 0 Å². The van der Waals surface area contributed by atoms with Gasteiger partial charge in [-0.15, -0.1) is 0 Å². The largest absolute Gasteiger partial charge is 0.411 e. The number of benzene rings is 1. The lowest BCUT2D eigenvalue weighted by Gasteiger charge is -2.15. The smallest absolute Gasteiger partial charge is 0.371 e. The molecule has 0 radical (unpaired) electrons. The molecule has 0 fully saturated rings. The summed E-state index contributed by atoms with van der Waals surface area (Å²) in [4.78, 5) is 0. The highest BCUT2D eigenvalue weighted by molar-refractivity contribution is 5.25. The number of hydrogen-bond donors (Lipinski definition) is 1. The van der Waals surface area contributed by atoms with E-state index in [0.29, 0.717) is 5.56 Å². The maximum atomic E-state index is 13.3. The number of ether oxygens (including phenoxy) is 1. The van der Waals surface area contributed by atoms with Crippen molar-refractivity contribution in [3.8, 4) is 0 Å². The van der Waals surface area contributed by atoms with Crippen LogP contribution in [-0.4, -0.2) is 25.9 Å². The van der Waals surface area contributed by atoms with E-state index in [0.717, 1.165) is 5.56 Å². The van der Waals surface area contributed by atoms with Crippen LogP contribution >= 0.6 is 0 Å².